The van der Waals surface area contributed by atoms with Crippen LogP contribution in [0.5, 0.6) is 0 Å². The quantitative estimate of drug-likeness (QED) is 0.906. The van der Waals surface area contributed by atoms with E-state index >= 15 is 0 Å². The van der Waals surface area contributed by atoms with E-state index in [2.05, 4.69) is 6.92 Å². The molecule has 1 fully saturated rings. The summed E-state index contributed by atoms with van der Waals surface area (Å²) in [5, 5.41) is 9.01. The van der Waals surface area contributed by atoms with Gasteiger partial charge in [0.2, 0.25) is 5.91 Å². The fraction of sp³-hybridized carbons (Fsp3) is 0.467. The average Bonchev–Trinajstić information content (AvgIpc) is 2.82. The molecule has 1 saturated carbocycles. The summed E-state index contributed by atoms with van der Waals surface area (Å²) in [6.45, 7) is 1.80. The number of aliphatic carboxylic acids is 1. The Balaban J connectivity index is 2.22. The molecule has 0 aromatic heterocycles. The smallest absolute Gasteiger partial charge is 0.323 e. The van der Waals surface area contributed by atoms with Crippen molar-refractivity contribution in [2.24, 2.45) is 11.8 Å². The van der Waals surface area contributed by atoms with Gasteiger partial charge >= 0.3 is 5.97 Å². The highest BCUT2D eigenvalue weighted by molar-refractivity contribution is 5.98. The van der Waals surface area contributed by atoms with Crippen molar-refractivity contribution in [3.8, 4) is 0 Å². The summed E-state index contributed by atoms with van der Waals surface area (Å²) in [7, 11) is 0. The number of para-hydroxylation sites is 1. The fourth-order valence-electron chi connectivity index (χ4n) is 2.75. The van der Waals surface area contributed by atoms with Gasteiger partial charge in [-0.15, -0.1) is 0 Å². The third kappa shape index (κ3) is 3.13. The number of carboxylic acid groups (broad SMARTS) is 1. The van der Waals surface area contributed by atoms with E-state index in [1.165, 1.54) is 4.90 Å². The molecule has 1 aromatic rings. The lowest BCUT2D eigenvalue weighted by atomic mass is 9.96. The monoisotopic (exact) mass is 261 g/mol. The average molecular weight is 261 g/mol. The number of carboxylic acids is 1. The van der Waals surface area contributed by atoms with E-state index in [0.717, 1.165) is 19.3 Å². The highest BCUT2D eigenvalue weighted by Gasteiger charge is 2.34. The molecule has 1 amide bonds. The third-order valence-corrected chi connectivity index (χ3v) is 3.81. The summed E-state index contributed by atoms with van der Waals surface area (Å²) < 4.78 is 0. The number of rotatable bonds is 4. The van der Waals surface area contributed by atoms with E-state index in [9.17, 15) is 9.59 Å². The van der Waals surface area contributed by atoms with Gasteiger partial charge in [-0.2, -0.15) is 0 Å². The minimum absolute atomic E-state index is 0.0421. The summed E-state index contributed by atoms with van der Waals surface area (Å²) in [6.07, 6.45) is 2.96. The van der Waals surface area contributed by atoms with Crippen LogP contribution < -0.4 is 4.90 Å². The topological polar surface area (TPSA) is 57.6 Å². The predicted molar refractivity (Wildman–Crippen MR) is 72.9 cm³/mol. The van der Waals surface area contributed by atoms with Crippen molar-refractivity contribution in [1.82, 2.24) is 0 Å². The summed E-state index contributed by atoms with van der Waals surface area (Å²) in [4.78, 5) is 24.9. The van der Waals surface area contributed by atoms with E-state index in [-0.39, 0.29) is 18.4 Å². The molecular formula is C15H19NO3. The first kappa shape index (κ1) is 13.6. The van der Waals surface area contributed by atoms with Gasteiger partial charge in [0.15, 0.2) is 0 Å². The molecule has 2 unspecified atom stereocenters. The first-order valence-electron chi connectivity index (χ1n) is 6.68. The Morgan fingerprint density at radius 3 is 2.47 bits per heavy atom. The van der Waals surface area contributed by atoms with Crippen LogP contribution in [0.3, 0.4) is 0 Å². The summed E-state index contributed by atoms with van der Waals surface area (Å²) >= 11 is 0. The normalized spacial score (nSPS) is 22.2. The van der Waals surface area contributed by atoms with Crippen molar-refractivity contribution in [3.05, 3.63) is 30.3 Å². The highest BCUT2D eigenvalue weighted by atomic mass is 16.4. The van der Waals surface area contributed by atoms with Gasteiger partial charge in [-0.25, -0.2) is 0 Å². The molecule has 0 radical (unpaired) electrons. The third-order valence-electron chi connectivity index (χ3n) is 3.81. The van der Waals surface area contributed by atoms with Gasteiger partial charge in [-0.05, 0) is 30.9 Å². The lowest BCUT2D eigenvalue weighted by Crippen LogP contribution is -2.40. The highest BCUT2D eigenvalue weighted by Crippen LogP contribution is 2.33. The van der Waals surface area contributed by atoms with Crippen LogP contribution in [-0.2, 0) is 9.59 Å². The molecule has 1 aromatic carbocycles. The number of benzene rings is 1. The number of anilines is 1. The number of nitrogens with zero attached hydrogens (tertiary/aromatic N) is 1. The van der Waals surface area contributed by atoms with E-state index < -0.39 is 5.97 Å². The van der Waals surface area contributed by atoms with Crippen LogP contribution in [0.15, 0.2) is 30.3 Å². The van der Waals surface area contributed by atoms with Gasteiger partial charge < -0.3 is 10.0 Å². The predicted octanol–water partition coefficient (Wildman–Crippen LogP) is 2.54. The van der Waals surface area contributed by atoms with Crippen LogP contribution in [0.25, 0.3) is 0 Å². The molecule has 0 aliphatic heterocycles. The lowest BCUT2D eigenvalue weighted by Gasteiger charge is -2.26. The number of carbonyl (C=O) groups is 2. The van der Waals surface area contributed by atoms with Crippen molar-refractivity contribution in [3.63, 3.8) is 0 Å². The fourth-order valence-corrected chi connectivity index (χ4v) is 2.75. The molecule has 1 aliphatic rings. The Bertz CT molecular complexity index is 458. The maximum atomic E-state index is 12.6. The molecule has 0 bridgehead atoms. The molecule has 0 heterocycles. The van der Waals surface area contributed by atoms with Gasteiger partial charge in [-0.1, -0.05) is 31.5 Å². The molecule has 2 rings (SSSR count). The van der Waals surface area contributed by atoms with Crippen molar-refractivity contribution >= 4 is 17.6 Å². The second-order valence-corrected chi connectivity index (χ2v) is 5.17. The first-order valence-corrected chi connectivity index (χ1v) is 6.68. The zero-order valence-electron chi connectivity index (χ0n) is 11.1. The Hall–Kier alpha value is -1.84. The van der Waals surface area contributed by atoms with Crippen LogP contribution >= 0.6 is 0 Å². The minimum Gasteiger partial charge on any atom is -0.480 e. The SMILES string of the molecule is CC1CCCC1C(=O)N(CC(=O)O)c1ccccc1. The maximum Gasteiger partial charge on any atom is 0.323 e. The molecule has 4 nitrogen and oxygen atoms in total. The maximum absolute atomic E-state index is 12.6. The number of carbonyl (C=O) groups excluding carboxylic acids is 1. The molecule has 4 heteroatoms. The number of hydrogen-bond donors (Lipinski definition) is 1. The molecule has 2 atom stereocenters. The van der Waals surface area contributed by atoms with Gasteiger partial charge in [0, 0.05) is 11.6 Å². The molecule has 0 saturated heterocycles. The van der Waals surface area contributed by atoms with E-state index in [1.54, 1.807) is 12.1 Å². The standard InChI is InChI=1S/C15H19NO3/c1-11-6-5-9-13(11)15(19)16(10-14(17)18)12-7-3-2-4-8-12/h2-4,7-8,11,13H,5-6,9-10H2,1H3,(H,17,18). The molecule has 0 spiro atoms. The minimum atomic E-state index is -0.983. The van der Waals surface area contributed by atoms with Gasteiger partial charge in [0.25, 0.3) is 0 Å². The van der Waals surface area contributed by atoms with Gasteiger partial charge in [0.05, 0.1) is 0 Å². The lowest BCUT2D eigenvalue weighted by molar-refractivity contribution is -0.137. The zero-order chi connectivity index (χ0) is 13.8. The van der Waals surface area contributed by atoms with Crippen molar-refractivity contribution in [2.75, 3.05) is 11.4 Å². The zero-order valence-corrected chi connectivity index (χ0v) is 11.1. The summed E-state index contributed by atoms with van der Waals surface area (Å²) in [5.74, 6) is -0.742. The molecule has 1 aliphatic carbocycles. The Morgan fingerprint density at radius 1 is 1.26 bits per heavy atom. The van der Waals surface area contributed by atoms with Gasteiger partial charge in [-0.3, -0.25) is 9.59 Å². The first-order chi connectivity index (χ1) is 9.09. The van der Waals surface area contributed by atoms with Crippen molar-refractivity contribution < 1.29 is 14.7 Å². The second kappa shape index (κ2) is 5.87. The Morgan fingerprint density at radius 2 is 1.95 bits per heavy atom. The van der Waals surface area contributed by atoms with Crippen molar-refractivity contribution in [2.45, 2.75) is 26.2 Å². The number of amides is 1. The molecular weight excluding hydrogens is 242 g/mol. The van der Waals surface area contributed by atoms with Crippen LogP contribution in [0.4, 0.5) is 5.69 Å². The summed E-state index contributed by atoms with van der Waals surface area (Å²) in [5.41, 5.74) is 0.661. The van der Waals surface area contributed by atoms with Crippen LogP contribution in [-0.4, -0.2) is 23.5 Å². The Labute approximate surface area is 113 Å². The van der Waals surface area contributed by atoms with Crippen LogP contribution in [0, 0.1) is 11.8 Å². The van der Waals surface area contributed by atoms with Crippen LogP contribution in [0.2, 0.25) is 0 Å². The van der Waals surface area contributed by atoms with Gasteiger partial charge in [0.1, 0.15) is 6.54 Å². The van der Waals surface area contributed by atoms with Crippen molar-refractivity contribution in [1.29, 1.82) is 0 Å². The largest absolute Gasteiger partial charge is 0.480 e. The Kier molecular flexibility index (Phi) is 4.20. The second-order valence-electron chi connectivity index (χ2n) is 5.17. The van der Waals surface area contributed by atoms with E-state index in [1.807, 2.05) is 18.2 Å². The molecule has 1 N–H and O–H groups in total. The molecule has 19 heavy (non-hydrogen) atoms. The summed E-state index contributed by atoms with van der Waals surface area (Å²) in [6, 6.07) is 9.04. The number of hydrogen-bond acceptors (Lipinski definition) is 2. The van der Waals surface area contributed by atoms with E-state index in [4.69, 9.17) is 5.11 Å². The molecule has 102 valence electrons. The van der Waals surface area contributed by atoms with Crippen LogP contribution in [0.1, 0.15) is 26.2 Å². The van der Waals surface area contributed by atoms with E-state index in [0.29, 0.717) is 11.6 Å².